The number of amides is 2. The molecule has 0 unspecified atom stereocenters. The smallest absolute Gasteiger partial charge is 0.326 e. The van der Waals surface area contributed by atoms with Gasteiger partial charge >= 0.3 is 6.03 Å². The van der Waals surface area contributed by atoms with Crippen LogP contribution in [-0.4, -0.2) is 19.2 Å². The molecule has 0 radical (unpaired) electrons. The molecule has 5 heteroatoms. The predicted octanol–water partition coefficient (Wildman–Crippen LogP) is -0.675. The van der Waals surface area contributed by atoms with Crippen LogP contribution in [0.4, 0.5) is 4.79 Å². The highest BCUT2D eigenvalue weighted by Crippen LogP contribution is 1.98. The highest BCUT2D eigenvalue weighted by Gasteiger charge is 1.94. The molecular formula is C5H13N3O2. The highest BCUT2D eigenvalue weighted by molar-refractivity contribution is 5.70. The number of hydrazine groups is 1. The predicted molar refractivity (Wildman–Crippen MR) is 37.0 cm³/mol. The van der Waals surface area contributed by atoms with Crippen LogP contribution < -0.4 is 17.0 Å². The van der Waals surface area contributed by atoms with Gasteiger partial charge in [0.05, 0.1) is 0 Å². The van der Waals surface area contributed by atoms with Gasteiger partial charge < -0.3 is 10.5 Å². The van der Waals surface area contributed by atoms with E-state index < -0.39 is 6.03 Å². The summed E-state index contributed by atoms with van der Waals surface area (Å²) in [7, 11) is 0. The molecule has 60 valence electrons. The van der Waals surface area contributed by atoms with Gasteiger partial charge in [0.25, 0.3) is 0 Å². The first-order valence-electron chi connectivity index (χ1n) is 3.11. The number of hydrogen-bond acceptors (Lipinski definition) is 3. The fourth-order valence-electron chi connectivity index (χ4n) is 0.510. The lowest BCUT2D eigenvalue weighted by molar-refractivity contribution is 0.198. The van der Waals surface area contributed by atoms with Gasteiger partial charge in [-0.15, -0.1) is 0 Å². The Labute approximate surface area is 59.7 Å². The van der Waals surface area contributed by atoms with Crippen molar-refractivity contribution < 1.29 is 9.53 Å². The van der Waals surface area contributed by atoms with Crippen molar-refractivity contribution in [3.8, 4) is 0 Å². The summed E-state index contributed by atoms with van der Waals surface area (Å²) in [5, 5.41) is 0. The Morgan fingerprint density at radius 2 is 1.80 bits per heavy atom. The monoisotopic (exact) mass is 147 g/mol. The van der Waals surface area contributed by atoms with E-state index in [-0.39, 0.29) is 0 Å². The number of nitrogens with two attached hydrogens (primary N) is 2. The molecule has 1 saturated heterocycles. The zero-order valence-corrected chi connectivity index (χ0v) is 5.80. The highest BCUT2D eigenvalue weighted by atomic mass is 16.5. The van der Waals surface area contributed by atoms with E-state index >= 15 is 0 Å². The standard InChI is InChI=1S/C4H8O.CH5N3O/c1-2-4-5-3-1;2-1(5)4-3/h1-4H2;3H2,(H3,2,4,5). The van der Waals surface area contributed by atoms with Crippen molar-refractivity contribution >= 4 is 6.03 Å². The number of hydrogen-bond donors (Lipinski definition) is 3. The van der Waals surface area contributed by atoms with Crippen LogP contribution in [0.1, 0.15) is 12.8 Å². The zero-order chi connectivity index (χ0) is 7.82. The molecule has 5 N–H and O–H groups in total. The SMILES string of the molecule is C1CCOC1.NNC(N)=O. The van der Waals surface area contributed by atoms with Gasteiger partial charge in [0, 0.05) is 13.2 Å². The first-order chi connectivity index (χ1) is 4.77. The summed E-state index contributed by atoms with van der Waals surface area (Å²) >= 11 is 0. The summed E-state index contributed by atoms with van der Waals surface area (Å²) in [6, 6.07) is -0.718. The molecule has 0 saturated carbocycles. The second kappa shape index (κ2) is 6.31. The minimum absolute atomic E-state index is 0.718. The number of ether oxygens (including phenoxy) is 1. The summed E-state index contributed by atoms with van der Waals surface area (Å²) in [6.07, 6.45) is 2.56. The second-order valence-electron chi connectivity index (χ2n) is 1.83. The summed E-state index contributed by atoms with van der Waals surface area (Å²) in [5.41, 5.74) is 6.08. The molecule has 0 aliphatic carbocycles. The number of carbonyl (C=O) groups is 1. The van der Waals surface area contributed by atoms with Crippen molar-refractivity contribution in [1.82, 2.24) is 5.43 Å². The topological polar surface area (TPSA) is 90.4 Å². The molecule has 0 atom stereocenters. The number of urea groups is 1. The molecule has 0 aromatic carbocycles. The molecule has 1 aliphatic heterocycles. The molecule has 1 heterocycles. The molecule has 1 aliphatic rings. The molecule has 0 aromatic heterocycles. The van der Waals surface area contributed by atoms with Crippen molar-refractivity contribution in [1.29, 1.82) is 0 Å². The average molecular weight is 147 g/mol. The number of nitrogens with one attached hydrogen (secondary N) is 1. The lowest BCUT2D eigenvalue weighted by Crippen LogP contribution is -2.34. The Balaban J connectivity index is 0.000000162. The maximum Gasteiger partial charge on any atom is 0.326 e. The van der Waals surface area contributed by atoms with Gasteiger partial charge in [-0.05, 0) is 12.8 Å². The van der Waals surface area contributed by atoms with Crippen molar-refractivity contribution in [2.24, 2.45) is 11.6 Å². The van der Waals surface area contributed by atoms with Crippen LogP contribution in [-0.2, 0) is 4.74 Å². The van der Waals surface area contributed by atoms with Crippen molar-refractivity contribution in [2.45, 2.75) is 12.8 Å². The Morgan fingerprint density at radius 3 is 1.90 bits per heavy atom. The van der Waals surface area contributed by atoms with Crippen molar-refractivity contribution in [2.75, 3.05) is 13.2 Å². The van der Waals surface area contributed by atoms with Gasteiger partial charge in [0.15, 0.2) is 0 Å². The molecule has 10 heavy (non-hydrogen) atoms. The van der Waals surface area contributed by atoms with Gasteiger partial charge in [-0.2, -0.15) is 0 Å². The normalized spacial score (nSPS) is 15.3. The largest absolute Gasteiger partial charge is 0.381 e. The van der Waals surface area contributed by atoms with Crippen LogP contribution in [0.2, 0.25) is 0 Å². The van der Waals surface area contributed by atoms with E-state index in [0.29, 0.717) is 0 Å². The zero-order valence-electron chi connectivity index (χ0n) is 5.80. The molecule has 5 nitrogen and oxygen atoms in total. The Bertz CT molecular complexity index is 85.3. The molecule has 0 bridgehead atoms. The van der Waals surface area contributed by atoms with E-state index in [1.807, 2.05) is 0 Å². The van der Waals surface area contributed by atoms with E-state index in [1.54, 1.807) is 5.43 Å². The Hall–Kier alpha value is -0.810. The van der Waals surface area contributed by atoms with E-state index in [2.05, 4.69) is 11.6 Å². The lowest BCUT2D eigenvalue weighted by atomic mass is 10.4. The van der Waals surface area contributed by atoms with Gasteiger partial charge in [-0.3, -0.25) is 5.43 Å². The molecule has 1 fully saturated rings. The van der Waals surface area contributed by atoms with Crippen LogP contribution in [0.5, 0.6) is 0 Å². The van der Waals surface area contributed by atoms with E-state index in [9.17, 15) is 4.79 Å². The van der Waals surface area contributed by atoms with Crippen LogP contribution in [0.3, 0.4) is 0 Å². The Morgan fingerprint density at radius 1 is 1.40 bits per heavy atom. The summed E-state index contributed by atoms with van der Waals surface area (Å²) in [5.74, 6) is 4.45. The molecule has 0 aromatic rings. The minimum atomic E-state index is -0.718. The van der Waals surface area contributed by atoms with Gasteiger partial charge in [-0.1, -0.05) is 0 Å². The van der Waals surface area contributed by atoms with Crippen LogP contribution in [0, 0.1) is 0 Å². The summed E-state index contributed by atoms with van der Waals surface area (Å²) in [6.45, 7) is 2.00. The first-order valence-corrected chi connectivity index (χ1v) is 3.11. The average Bonchev–Trinajstić information content (AvgIpc) is 2.43. The number of rotatable bonds is 0. The van der Waals surface area contributed by atoms with E-state index in [4.69, 9.17) is 4.74 Å². The third-order valence-corrected chi connectivity index (χ3v) is 0.970. The van der Waals surface area contributed by atoms with Crippen LogP contribution >= 0.6 is 0 Å². The number of carbonyl (C=O) groups excluding carboxylic acids is 1. The summed E-state index contributed by atoms with van der Waals surface area (Å²) < 4.78 is 4.94. The maximum absolute atomic E-state index is 9.35. The van der Waals surface area contributed by atoms with Crippen LogP contribution in [0.15, 0.2) is 0 Å². The van der Waals surface area contributed by atoms with Crippen LogP contribution in [0.25, 0.3) is 0 Å². The lowest BCUT2D eigenvalue weighted by Gasteiger charge is -1.81. The maximum atomic E-state index is 9.35. The minimum Gasteiger partial charge on any atom is -0.381 e. The number of primary amides is 1. The van der Waals surface area contributed by atoms with E-state index in [1.165, 1.54) is 12.8 Å². The molecule has 0 spiro atoms. The first kappa shape index (κ1) is 9.19. The quantitative estimate of drug-likeness (QED) is 0.241. The second-order valence-corrected chi connectivity index (χ2v) is 1.83. The van der Waals surface area contributed by atoms with E-state index in [0.717, 1.165) is 13.2 Å². The molecule has 2 amide bonds. The third kappa shape index (κ3) is 7.19. The van der Waals surface area contributed by atoms with Gasteiger partial charge in [-0.25, -0.2) is 10.6 Å². The van der Waals surface area contributed by atoms with Gasteiger partial charge in [0.1, 0.15) is 0 Å². The van der Waals surface area contributed by atoms with Crippen molar-refractivity contribution in [3.05, 3.63) is 0 Å². The Kier molecular flexibility index (Phi) is 5.80. The summed E-state index contributed by atoms with van der Waals surface area (Å²) in [4.78, 5) is 9.35. The third-order valence-electron chi connectivity index (χ3n) is 0.970. The van der Waals surface area contributed by atoms with Crippen molar-refractivity contribution in [3.63, 3.8) is 0 Å². The fourth-order valence-corrected chi connectivity index (χ4v) is 0.510. The van der Waals surface area contributed by atoms with Gasteiger partial charge in [0.2, 0.25) is 0 Å². The molecule has 1 rings (SSSR count). The fraction of sp³-hybridized carbons (Fsp3) is 0.800. The molecular weight excluding hydrogens is 134 g/mol.